The SMILES string of the molecule is Cc1ccc(Cn2c(O)c(C(=O)c3cccc(C)c3)c(C)c(C#N)c2=O)cc1. The molecule has 0 atom stereocenters. The summed E-state index contributed by atoms with van der Waals surface area (Å²) in [6, 6.07) is 16.3. The Morgan fingerprint density at radius 2 is 1.75 bits per heavy atom. The Labute approximate surface area is 163 Å². The van der Waals surface area contributed by atoms with Crippen LogP contribution in [0, 0.1) is 32.1 Å². The van der Waals surface area contributed by atoms with Crippen LogP contribution in [0.15, 0.2) is 53.3 Å². The van der Waals surface area contributed by atoms with Gasteiger partial charge >= 0.3 is 0 Å². The van der Waals surface area contributed by atoms with Gasteiger partial charge in [0.25, 0.3) is 5.56 Å². The first kappa shape index (κ1) is 19.1. The molecule has 3 rings (SSSR count). The van der Waals surface area contributed by atoms with E-state index < -0.39 is 17.2 Å². The molecule has 140 valence electrons. The zero-order valence-corrected chi connectivity index (χ0v) is 16.0. The van der Waals surface area contributed by atoms with Crippen LogP contribution < -0.4 is 5.56 Å². The second-order valence-corrected chi connectivity index (χ2v) is 6.89. The fourth-order valence-corrected chi connectivity index (χ4v) is 3.18. The molecule has 0 aliphatic heterocycles. The van der Waals surface area contributed by atoms with E-state index in [1.807, 2.05) is 50.2 Å². The molecule has 28 heavy (non-hydrogen) atoms. The van der Waals surface area contributed by atoms with Gasteiger partial charge in [-0.25, -0.2) is 0 Å². The van der Waals surface area contributed by atoms with Gasteiger partial charge < -0.3 is 5.11 Å². The van der Waals surface area contributed by atoms with Crippen molar-refractivity contribution in [1.29, 1.82) is 5.26 Å². The van der Waals surface area contributed by atoms with E-state index in [-0.39, 0.29) is 23.2 Å². The molecule has 0 radical (unpaired) electrons. The van der Waals surface area contributed by atoms with Crippen LogP contribution in [0.25, 0.3) is 0 Å². The van der Waals surface area contributed by atoms with Gasteiger partial charge in [0.2, 0.25) is 5.88 Å². The second-order valence-electron chi connectivity index (χ2n) is 6.89. The third kappa shape index (κ3) is 3.45. The third-order valence-electron chi connectivity index (χ3n) is 4.77. The van der Waals surface area contributed by atoms with Gasteiger partial charge in [0.15, 0.2) is 5.78 Å². The maximum Gasteiger partial charge on any atom is 0.271 e. The quantitative estimate of drug-likeness (QED) is 0.709. The van der Waals surface area contributed by atoms with E-state index in [1.54, 1.807) is 18.2 Å². The minimum Gasteiger partial charge on any atom is -0.494 e. The lowest BCUT2D eigenvalue weighted by Crippen LogP contribution is -2.27. The Balaban J connectivity index is 2.20. The standard InChI is InChI=1S/C23H20N2O3/c1-14-7-9-17(10-8-14)13-25-22(27)19(12-24)16(3)20(23(25)28)21(26)18-6-4-5-15(2)11-18/h4-11,28H,13H2,1-3H3. The summed E-state index contributed by atoms with van der Waals surface area (Å²) in [7, 11) is 0. The maximum absolute atomic E-state index is 13.1. The zero-order valence-electron chi connectivity index (χ0n) is 16.0. The molecular weight excluding hydrogens is 352 g/mol. The highest BCUT2D eigenvalue weighted by Crippen LogP contribution is 2.26. The number of aromatic hydroxyl groups is 1. The van der Waals surface area contributed by atoms with Crippen molar-refractivity contribution in [3.8, 4) is 11.9 Å². The Hall–Kier alpha value is -3.65. The van der Waals surface area contributed by atoms with Crippen molar-refractivity contribution in [2.75, 3.05) is 0 Å². The molecule has 1 aromatic heterocycles. The number of nitriles is 1. The molecule has 0 aliphatic carbocycles. The van der Waals surface area contributed by atoms with Gasteiger partial charge in [-0.1, -0.05) is 53.6 Å². The van der Waals surface area contributed by atoms with E-state index in [0.29, 0.717) is 5.56 Å². The van der Waals surface area contributed by atoms with Crippen LogP contribution in [0.1, 0.15) is 43.7 Å². The second kappa shape index (κ2) is 7.53. The molecule has 2 aromatic carbocycles. The number of aryl methyl sites for hydroxylation is 2. The van der Waals surface area contributed by atoms with Gasteiger partial charge in [-0.15, -0.1) is 0 Å². The van der Waals surface area contributed by atoms with E-state index in [4.69, 9.17) is 0 Å². The normalized spacial score (nSPS) is 10.5. The number of ketones is 1. The number of nitrogens with zero attached hydrogens (tertiary/aromatic N) is 2. The van der Waals surface area contributed by atoms with E-state index >= 15 is 0 Å². The first-order valence-electron chi connectivity index (χ1n) is 8.87. The molecular formula is C23H20N2O3. The number of benzene rings is 2. The van der Waals surface area contributed by atoms with E-state index in [2.05, 4.69) is 0 Å². The number of carbonyl (C=O) groups excluding carboxylic acids is 1. The Bertz CT molecular complexity index is 1170. The highest BCUT2D eigenvalue weighted by Gasteiger charge is 2.25. The summed E-state index contributed by atoms with van der Waals surface area (Å²) in [6.07, 6.45) is 0. The molecule has 1 heterocycles. The maximum atomic E-state index is 13.1. The van der Waals surface area contributed by atoms with E-state index in [1.165, 1.54) is 6.92 Å². The lowest BCUT2D eigenvalue weighted by Gasteiger charge is -2.16. The first-order valence-corrected chi connectivity index (χ1v) is 8.87. The molecule has 5 heteroatoms. The van der Waals surface area contributed by atoms with Crippen LogP contribution in [-0.4, -0.2) is 15.5 Å². The highest BCUT2D eigenvalue weighted by atomic mass is 16.3. The van der Waals surface area contributed by atoms with Crippen LogP contribution >= 0.6 is 0 Å². The van der Waals surface area contributed by atoms with Crippen molar-refractivity contribution in [3.63, 3.8) is 0 Å². The summed E-state index contributed by atoms with van der Waals surface area (Å²) in [5, 5.41) is 20.3. The van der Waals surface area contributed by atoms with Crippen LogP contribution in [0.3, 0.4) is 0 Å². The molecule has 0 fully saturated rings. The van der Waals surface area contributed by atoms with Gasteiger partial charge in [0.05, 0.1) is 12.1 Å². The lowest BCUT2D eigenvalue weighted by molar-refractivity contribution is 0.103. The van der Waals surface area contributed by atoms with Crippen molar-refractivity contribution in [1.82, 2.24) is 4.57 Å². The zero-order chi connectivity index (χ0) is 20.4. The molecule has 3 aromatic rings. The molecule has 5 nitrogen and oxygen atoms in total. The molecule has 0 aliphatic rings. The minimum absolute atomic E-state index is 0.0196. The van der Waals surface area contributed by atoms with E-state index in [0.717, 1.165) is 21.3 Å². The topological polar surface area (TPSA) is 83.1 Å². The number of carbonyl (C=O) groups is 1. The predicted octanol–water partition coefficient (Wildman–Crippen LogP) is 3.63. The molecule has 0 saturated carbocycles. The van der Waals surface area contributed by atoms with Crippen LogP contribution in [0.5, 0.6) is 5.88 Å². The summed E-state index contributed by atoms with van der Waals surface area (Å²) < 4.78 is 1.08. The van der Waals surface area contributed by atoms with Crippen molar-refractivity contribution >= 4 is 5.78 Å². The number of hydrogen-bond acceptors (Lipinski definition) is 4. The fourth-order valence-electron chi connectivity index (χ4n) is 3.18. The number of rotatable bonds is 4. The van der Waals surface area contributed by atoms with Crippen LogP contribution in [0.4, 0.5) is 0 Å². The first-order chi connectivity index (χ1) is 13.3. The highest BCUT2D eigenvalue weighted by molar-refractivity contribution is 6.11. The Kier molecular flexibility index (Phi) is 5.14. The molecule has 0 spiro atoms. The average Bonchev–Trinajstić information content (AvgIpc) is 2.67. The molecule has 0 unspecified atom stereocenters. The summed E-state index contributed by atoms with van der Waals surface area (Å²) in [5.41, 5.74) is 2.56. The smallest absolute Gasteiger partial charge is 0.271 e. The largest absolute Gasteiger partial charge is 0.494 e. The van der Waals surface area contributed by atoms with Crippen LogP contribution in [0.2, 0.25) is 0 Å². The van der Waals surface area contributed by atoms with Gasteiger partial charge in [-0.3, -0.25) is 14.2 Å². The summed E-state index contributed by atoms with van der Waals surface area (Å²) in [5.74, 6) is -0.846. The monoisotopic (exact) mass is 372 g/mol. The van der Waals surface area contributed by atoms with Crippen molar-refractivity contribution in [3.05, 3.63) is 97.8 Å². The minimum atomic E-state index is -0.612. The van der Waals surface area contributed by atoms with Gasteiger partial charge in [-0.05, 0) is 38.0 Å². The molecule has 0 amide bonds. The van der Waals surface area contributed by atoms with Gasteiger partial charge in [0, 0.05) is 5.56 Å². The van der Waals surface area contributed by atoms with Gasteiger partial charge in [-0.2, -0.15) is 5.26 Å². The molecule has 1 N–H and O–H groups in total. The number of hydrogen-bond donors (Lipinski definition) is 1. The molecule has 0 bridgehead atoms. The lowest BCUT2D eigenvalue weighted by atomic mass is 9.96. The Morgan fingerprint density at radius 1 is 1.07 bits per heavy atom. The van der Waals surface area contributed by atoms with Crippen LogP contribution in [-0.2, 0) is 6.54 Å². The number of aromatic nitrogens is 1. The van der Waals surface area contributed by atoms with Crippen molar-refractivity contribution in [2.45, 2.75) is 27.3 Å². The summed E-state index contributed by atoms with van der Waals surface area (Å²) >= 11 is 0. The number of pyridine rings is 1. The summed E-state index contributed by atoms with van der Waals surface area (Å²) in [4.78, 5) is 25.8. The Morgan fingerprint density at radius 3 is 2.36 bits per heavy atom. The average molecular weight is 372 g/mol. The van der Waals surface area contributed by atoms with Crippen molar-refractivity contribution < 1.29 is 9.90 Å². The molecule has 0 saturated heterocycles. The van der Waals surface area contributed by atoms with Gasteiger partial charge in [0.1, 0.15) is 11.6 Å². The van der Waals surface area contributed by atoms with Crippen molar-refractivity contribution in [2.24, 2.45) is 0 Å². The summed E-state index contributed by atoms with van der Waals surface area (Å²) in [6.45, 7) is 5.39. The fraction of sp³-hybridized carbons (Fsp3) is 0.174. The van der Waals surface area contributed by atoms with E-state index in [9.17, 15) is 20.0 Å². The third-order valence-corrected chi connectivity index (χ3v) is 4.77. The predicted molar refractivity (Wildman–Crippen MR) is 107 cm³/mol.